The normalized spacial score (nSPS) is 17.1. The van der Waals surface area contributed by atoms with Gasteiger partial charge in [0.25, 0.3) is 11.6 Å². The van der Waals surface area contributed by atoms with E-state index in [4.69, 9.17) is 4.74 Å². The van der Waals surface area contributed by atoms with Gasteiger partial charge in [0.15, 0.2) is 0 Å². The number of carbonyl (C=O) groups excluding carboxylic acids is 1. The molecule has 2 unspecified atom stereocenters. The van der Waals surface area contributed by atoms with E-state index in [9.17, 15) is 24.8 Å². The maximum Gasteiger partial charge on any atom is 0.313 e. The monoisotopic (exact) mass is 538 g/mol. The van der Waals surface area contributed by atoms with Crippen LogP contribution in [0.5, 0.6) is 5.75 Å². The Bertz CT molecular complexity index is 1230. The van der Waals surface area contributed by atoms with Gasteiger partial charge in [-0.05, 0) is 35.2 Å². The van der Waals surface area contributed by atoms with Gasteiger partial charge in [-0.25, -0.2) is 0 Å². The Morgan fingerprint density at radius 2 is 1.80 bits per heavy atom. The van der Waals surface area contributed by atoms with Crippen LogP contribution in [0.2, 0.25) is 0 Å². The number of ether oxygens (including phenoxy) is 1. The SMILES string of the molecule is O=C(O)C1c2ccc([N+](=O)[O-])cc2C(=O)N(CCCBr)C1c1ccc(OCc2ccccc2)cc1. The van der Waals surface area contributed by atoms with Crippen molar-refractivity contribution in [2.45, 2.75) is 25.0 Å². The highest BCUT2D eigenvalue weighted by atomic mass is 79.9. The maximum atomic E-state index is 13.4. The Morgan fingerprint density at radius 3 is 2.43 bits per heavy atom. The van der Waals surface area contributed by atoms with Crippen LogP contribution in [-0.2, 0) is 11.4 Å². The summed E-state index contributed by atoms with van der Waals surface area (Å²) in [4.78, 5) is 38.1. The molecule has 1 aliphatic rings. The van der Waals surface area contributed by atoms with Gasteiger partial charge in [-0.3, -0.25) is 19.7 Å². The lowest BCUT2D eigenvalue weighted by Crippen LogP contribution is -2.45. The summed E-state index contributed by atoms with van der Waals surface area (Å²) in [6.45, 7) is 0.691. The number of aliphatic carboxylic acids is 1. The van der Waals surface area contributed by atoms with Gasteiger partial charge in [-0.1, -0.05) is 64.5 Å². The lowest BCUT2D eigenvalue weighted by Gasteiger charge is -2.40. The van der Waals surface area contributed by atoms with Crippen molar-refractivity contribution in [3.8, 4) is 5.75 Å². The molecule has 180 valence electrons. The first kappa shape index (κ1) is 24.4. The molecule has 0 aliphatic carbocycles. The Labute approximate surface area is 210 Å². The van der Waals surface area contributed by atoms with Crippen molar-refractivity contribution in [3.63, 3.8) is 0 Å². The van der Waals surface area contributed by atoms with Crippen LogP contribution in [0.3, 0.4) is 0 Å². The van der Waals surface area contributed by atoms with E-state index in [0.29, 0.717) is 36.2 Å². The first-order valence-electron chi connectivity index (χ1n) is 11.1. The molecular weight excluding hydrogens is 516 g/mol. The molecule has 3 aromatic carbocycles. The van der Waals surface area contributed by atoms with Gasteiger partial charge < -0.3 is 14.7 Å². The van der Waals surface area contributed by atoms with E-state index in [0.717, 1.165) is 5.56 Å². The van der Waals surface area contributed by atoms with Crippen molar-refractivity contribution in [2.24, 2.45) is 0 Å². The zero-order chi connectivity index (χ0) is 24.9. The number of carboxylic acid groups (broad SMARTS) is 1. The van der Waals surface area contributed by atoms with Crippen LogP contribution in [0.1, 0.15) is 45.4 Å². The molecule has 0 bridgehead atoms. The standard InChI is InChI=1S/C26H23BrN2O6/c27-13-4-14-28-24(18-7-10-20(11-8-18)35-16-17-5-2-1-3-6-17)23(26(31)32)21-12-9-19(29(33)34)15-22(21)25(28)30/h1-3,5-12,15,23-24H,4,13-14,16H2,(H,31,32). The Hall–Kier alpha value is -3.72. The van der Waals surface area contributed by atoms with Gasteiger partial charge in [-0.15, -0.1) is 0 Å². The number of carbonyl (C=O) groups is 2. The number of alkyl halides is 1. The van der Waals surface area contributed by atoms with Gasteiger partial charge in [0.1, 0.15) is 18.3 Å². The first-order chi connectivity index (χ1) is 16.9. The summed E-state index contributed by atoms with van der Waals surface area (Å²) in [5.41, 5.74) is 1.75. The van der Waals surface area contributed by atoms with E-state index in [1.807, 2.05) is 30.3 Å². The number of carboxylic acids is 1. The molecule has 0 spiro atoms. The van der Waals surface area contributed by atoms with Crippen molar-refractivity contribution >= 4 is 33.5 Å². The number of halogens is 1. The number of benzene rings is 3. The molecule has 1 heterocycles. The zero-order valence-electron chi connectivity index (χ0n) is 18.7. The number of nitrogens with zero attached hydrogens (tertiary/aromatic N) is 2. The number of fused-ring (bicyclic) bond motifs is 1. The van der Waals surface area contributed by atoms with E-state index >= 15 is 0 Å². The Balaban J connectivity index is 1.69. The number of nitro benzene ring substituents is 1. The summed E-state index contributed by atoms with van der Waals surface area (Å²) in [5.74, 6) is -1.98. The highest BCUT2D eigenvalue weighted by Gasteiger charge is 2.44. The third kappa shape index (κ3) is 5.19. The summed E-state index contributed by atoms with van der Waals surface area (Å²) >= 11 is 3.36. The van der Waals surface area contributed by atoms with Crippen LogP contribution >= 0.6 is 15.9 Å². The number of amides is 1. The molecule has 9 heteroatoms. The second-order valence-corrected chi connectivity index (χ2v) is 8.97. The first-order valence-corrected chi connectivity index (χ1v) is 12.2. The van der Waals surface area contributed by atoms with Crippen LogP contribution in [-0.4, -0.2) is 38.7 Å². The fourth-order valence-corrected chi connectivity index (χ4v) is 4.61. The molecule has 0 saturated carbocycles. The summed E-state index contributed by atoms with van der Waals surface area (Å²) in [5, 5.41) is 22.1. The largest absolute Gasteiger partial charge is 0.489 e. The fraction of sp³-hybridized carbons (Fsp3) is 0.231. The highest BCUT2D eigenvalue weighted by Crippen LogP contribution is 2.44. The number of rotatable bonds is 9. The lowest BCUT2D eigenvalue weighted by atomic mass is 9.79. The minimum absolute atomic E-state index is 0.0558. The quantitative estimate of drug-likeness (QED) is 0.224. The van der Waals surface area contributed by atoms with E-state index < -0.39 is 28.8 Å². The van der Waals surface area contributed by atoms with Crippen LogP contribution in [0.15, 0.2) is 72.8 Å². The van der Waals surface area contributed by atoms with E-state index in [2.05, 4.69) is 15.9 Å². The van der Waals surface area contributed by atoms with Gasteiger partial charge in [0, 0.05) is 24.0 Å². The van der Waals surface area contributed by atoms with Crippen molar-refractivity contribution < 1.29 is 24.4 Å². The molecule has 0 saturated heterocycles. The third-order valence-corrected chi connectivity index (χ3v) is 6.55. The summed E-state index contributed by atoms with van der Waals surface area (Å²) in [7, 11) is 0. The number of hydrogen-bond acceptors (Lipinski definition) is 5. The molecule has 35 heavy (non-hydrogen) atoms. The van der Waals surface area contributed by atoms with Crippen LogP contribution < -0.4 is 4.74 Å². The molecule has 8 nitrogen and oxygen atoms in total. The second-order valence-electron chi connectivity index (χ2n) is 8.17. The minimum Gasteiger partial charge on any atom is -0.489 e. The molecule has 1 amide bonds. The number of nitro groups is 1. The summed E-state index contributed by atoms with van der Waals surface area (Å²) in [6, 6.07) is 19.8. The maximum absolute atomic E-state index is 13.4. The molecule has 2 atom stereocenters. The highest BCUT2D eigenvalue weighted by molar-refractivity contribution is 9.09. The molecule has 1 N–H and O–H groups in total. The van der Waals surface area contributed by atoms with E-state index in [1.165, 1.54) is 23.1 Å². The van der Waals surface area contributed by atoms with Crippen LogP contribution in [0.25, 0.3) is 0 Å². The average molecular weight is 539 g/mol. The predicted molar refractivity (Wildman–Crippen MR) is 133 cm³/mol. The van der Waals surface area contributed by atoms with E-state index in [1.54, 1.807) is 24.3 Å². The molecule has 0 aromatic heterocycles. The predicted octanol–water partition coefficient (Wildman–Crippen LogP) is 5.32. The zero-order valence-corrected chi connectivity index (χ0v) is 20.3. The molecule has 4 rings (SSSR count). The Kier molecular flexibility index (Phi) is 7.45. The third-order valence-electron chi connectivity index (χ3n) is 5.99. The van der Waals surface area contributed by atoms with Crippen molar-refractivity contribution in [2.75, 3.05) is 11.9 Å². The lowest BCUT2D eigenvalue weighted by molar-refractivity contribution is -0.384. The van der Waals surface area contributed by atoms with Crippen molar-refractivity contribution in [1.29, 1.82) is 0 Å². The fourth-order valence-electron chi connectivity index (χ4n) is 4.36. The smallest absolute Gasteiger partial charge is 0.313 e. The van der Waals surface area contributed by atoms with Gasteiger partial charge in [0.05, 0.1) is 16.5 Å². The molecule has 0 fully saturated rings. The summed E-state index contributed by atoms with van der Waals surface area (Å²) in [6.07, 6.45) is 0.594. The molecule has 0 radical (unpaired) electrons. The van der Waals surface area contributed by atoms with Crippen molar-refractivity contribution in [1.82, 2.24) is 4.90 Å². The average Bonchev–Trinajstić information content (AvgIpc) is 2.87. The second kappa shape index (κ2) is 10.7. The van der Waals surface area contributed by atoms with Crippen molar-refractivity contribution in [3.05, 3.63) is 105 Å². The topological polar surface area (TPSA) is 110 Å². The molecule has 1 aliphatic heterocycles. The van der Waals surface area contributed by atoms with Crippen LogP contribution in [0.4, 0.5) is 5.69 Å². The summed E-state index contributed by atoms with van der Waals surface area (Å²) < 4.78 is 5.85. The molecular formula is C26H23BrN2O6. The van der Waals surface area contributed by atoms with Gasteiger partial charge in [0.2, 0.25) is 0 Å². The Morgan fingerprint density at radius 1 is 1.09 bits per heavy atom. The number of hydrogen-bond donors (Lipinski definition) is 1. The molecule has 3 aromatic rings. The van der Waals surface area contributed by atoms with E-state index in [-0.39, 0.29) is 16.8 Å². The van der Waals surface area contributed by atoms with Gasteiger partial charge >= 0.3 is 5.97 Å². The van der Waals surface area contributed by atoms with Crippen LogP contribution in [0, 0.1) is 10.1 Å². The minimum atomic E-state index is -1.11. The number of non-ortho nitro benzene ring substituents is 1. The van der Waals surface area contributed by atoms with Gasteiger partial charge in [-0.2, -0.15) is 0 Å².